The second kappa shape index (κ2) is 8.85. The number of rotatable bonds is 7. The monoisotopic (exact) mass is 364 g/mol. The van der Waals surface area contributed by atoms with Crippen LogP contribution >= 0.6 is 0 Å². The van der Waals surface area contributed by atoms with Gasteiger partial charge >= 0.3 is 0 Å². The van der Waals surface area contributed by atoms with Gasteiger partial charge in [0.25, 0.3) is 0 Å². The smallest absolute Gasteiger partial charge is 0.227 e. The molecule has 27 heavy (non-hydrogen) atoms. The Kier molecular flexibility index (Phi) is 6.28. The quantitative estimate of drug-likeness (QED) is 0.791. The molecule has 0 aromatic heterocycles. The van der Waals surface area contributed by atoms with Crippen molar-refractivity contribution in [2.45, 2.75) is 52.1 Å². The lowest BCUT2D eigenvalue weighted by Gasteiger charge is -2.30. The predicted molar refractivity (Wildman–Crippen MR) is 108 cm³/mol. The summed E-state index contributed by atoms with van der Waals surface area (Å²) in [6.45, 7) is 4.81. The Morgan fingerprint density at radius 3 is 2.59 bits per heavy atom. The molecular weight excluding hydrogens is 336 g/mol. The van der Waals surface area contributed by atoms with Gasteiger partial charge in [-0.25, -0.2) is 0 Å². The SMILES string of the molecule is CC[C@H](C)N(Cc1ccccc1)C(=O)CC[C@@H]1Cc2ccccc2NC1=O. The zero-order chi connectivity index (χ0) is 19.2. The van der Waals surface area contributed by atoms with E-state index in [-0.39, 0.29) is 23.8 Å². The zero-order valence-corrected chi connectivity index (χ0v) is 16.2. The maximum Gasteiger partial charge on any atom is 0.227 e. The van der Waals surface area contributed by atoms with E-state index in [1.54, 1.807) is 0 Å². The second-order valence-corrected chi connectivity index (χ2v) is 7.35. The van der Waals surface area contributed by atoms with Gasteiger partial charge in [-0.3, -0.25) is 9.59 Å². The molecule has 0 saturated carbocycles. The van der Waals surface area contributed by atoms with Crippen LogP contribution in [0.4, 0.5) is 5.69 Å². The summed E-state index contributed by atoms with van der Waals surface area (Å²) >= 11 is 0. The Morgan fingerprint density at radius 1 is 1.15 bits per heavy atom. The van der Waals surface area contributed by atoms with Crippen molar-refractivity contribution in [2.24, 2.45) is 5.92 Å². The third-order valence-corrected chi connectivity index (χ3v) is 5.46. The van der Waals surface area contributed by atoms with Crippen molar-refractivity contribution in [1.29, 1.82) is 0 Å². The Labute approximate surface area is 161 Å². The fraction of sp³-hybridized carbons (Fsp3) is 0.391. The molecule has 142 valence electrons. The molecule has 2 aromatic rings. The molecule has 1 aliphatic rings. The molecular formula is C23H28N2O2. The van der Waals surface area contributed by atoms with Crippen LogP contribution in [0.15, 0.2) is 54.6 Å². The molecule has 0 aliphatic carbocycles. The largest absolute Gasteiger partial charge is 0.336 e. The number of amides is 2. The van der Waals surface area contributed by atoms with Crippen LogP contribution in [0.25, 0.3) is 0 Å². The van der Waals surface area contributed by atoms with E-state index in [1.165, 1.54) is 0 Å². The molecule has 0 saturated heterocycles. The number of carbonyl (C=O) groups is 2. The summed E-state index contributed by atoms with van der Waals surface area (Å²) in [5.74, 6) is 0.0128. The normalized spacial score (nSPS) is 17.0. The number of nitrogens with zero attached hydrogens (tertiary/aromatic N) is 1. The van der Waals surface area contributed by atoms with Gasteiger partial charge in [0, 0.05) is 30.6 Å². The van der Waals surface area contributed by atoms with Crippen LogP contribution < -0.4 is 5.32 Å². The topological polar surface area (TPSA) is 49.4 Å². The molecule has 0 bridgehead atoms. The number of benzene rings is 2. The maximum absolute atomic E-state index is 12.9. The third kappa shape index (κ3) is 4.76. The van der Waals surface area contributed by atoms with Crippen molar-refractivity contribution >= 4 is 17.5 Å². The Balaban J connectivity index is 1.63. The Morgan fingerprint density at radius 2 is 1.85 bits per heavy atom. The lowest BCUT2D eigenvalue weighted by Crippen LogP contribution is -2.38. The van der Waals surface area contributed by atoms with E-state index in [0.717, 1.165) is 23.2 Å². The van der Waals surface area contributed by atoms with E-state index < -0.39 is 0 Å². The molecule has 1 heterocycles. The van der Waals surface area contributed by atoms with Crippen molar-refractivity contribution < 1.29 is 9.59 Å². The zero-order valence-electron chi connectivity index (χ0n) is 16.2. The molecule has 1 aliphatic heterocycles. The summed E-state index contributed by atoms with van der Waals surface area (Å²) in [7, 11) is 0. The van der Waals surface area contributed by atoms with Gasteiger partial charge < -0.3 is 10.2 Å². The highest BCUT2D eigenvalue weighted by atomic mass is 16.2. The molecule has 1 N–H and O–H groups in total. The van der Waals surface area contributed by atoms with E-state index in [1.807, 2.05) is 59.5 Å². The summed E-state index contributed by atoms with van der Waals surface area (Å²) in [5.41, 5.74) is 3.18. The number of fused-ring (bicyclic) bond motifs is 1. The minimum atomic E-state index is -0.139. The Bertz CT molecular complexity index is 788. The summed E-state index contributed by atoms with van der Waals surface area (Å²) in [5, 5.41) is 2.97. The summed E-state index contributed by atoms with van der Waals surface area (Å²) in [6, 6.07) is 18.2. The van der Waals surface area contributed by atoms with Gasteiger partial charge in [0.2, 0.25) is 11.8 Å². The van der Waals surface area contributed by atoms with Crippen LogP contribution in [0.2, 0.25) is 0 Å². The van der Waals surface area contributed by atoms with Gasteiger partial charge in [0.15, 0.2) is 0 Å². The van der Waals surface area contributed by atoms with Gasteiger partial charge in [-0.05, 0) is 43.4 Å². The molecule has 4 heteroatoms. The van der Waals surface area contributed by atoms with E-state index in [4.69, 9.17) is 0 Å². The number of carbonyl (C=O) groups excluding carboxylic acids is 2. The minimum Gasteiger partial charge on any atom is -0.336 e. The van der Waals surface area contributed by atoms with E-state index >= 15 is 0 Å². The van der Waals surface area contributed by atoms with Crippen LogP contribution in [0.5, 0.6) is 0 Å². The molecule has 4 nitrogen and oxygen atoms in total. The first kappa shape index (κ1) is 19.2. The molecule has 3 rings (SSSR count). The van der Waals surface area contributed by atoms with Crippen molar-refractivity contribution in [3.05, 3.63) is 65.7 Å². The molecule has 2 amide bonds. The molecule has 2 atom stereocenters. The molecule has 0 spiro atoms. The standard InChI is InChI=1S/C23H28N2O2/c1-3-17(2)25(16-18-9-5-4-6-10-18)22(26)14-13-20-15-19-11-7-8-12-21(19)24-23(20)27/h4-12,17,20H,3,13-16H2,1-2H3,(H,24,27)/t17-,20+/m0/s1. The second-order valence-electron chi connectivity index (χ2n) is 7.35. The predicted octanol–water partition coefficient (Wildman–Crippen LogP) is 4.40. The highest BCUT2D eigenvalue weighted by molar-refractivity contribution is 5.96. The van der Waals surface area contributed by atoms with Crippen LogP contribution in [-0.2, 0) is 22.6 Å². The lowest BCUT2D eigenvalue weighted by molar-refractivity contribution is -0.134. The number of hydrogen-bond acceptors (Lipinski definition) is 2. The molecule has 0 unspecified atom stereocenters. The van der Waals surface area contributed by atoms with Crippen molar-refractivity contribution in [1.82, 2.24) is 4.90 Å². The van der Waals surface area contributed by atoms with Gasteiger partial charge in [0.05, 0.1) is 0 Å². The van der Waals surface area contributed by atoms with Crippen molar-refractivity contribution in [3.8, 4) is 0 Å². The average Bonchev–Trinajstić information content (AvgIpc) is 2.70. The summed E-state index contributed by atoms with van der Waals surface area (Å²) < 4.78 is 0. The van der Waals surface area contributed by atoms with Gasteiger partial charge in [-0.1, -0.05) is 55.5 Å². The maximum atomic E-state index is 12.9. The van der Waals surface area contributed by atoms with Gasteiger partial charge in [0.1, 0.15) is 0 Å². The van der Waals surface area contributed by atoms with Crippen LogP contribution in [0.1, 0.15) is 44.2 Å². The summed E-state index contributed by atoms with van der Waals surface area (Å²) in [4.78, 5) is 27.3. The van der Waals surface area contributed by atoms with Gasteiger partial charge in [-0.2, -0.15) is 0 Å². The van der Waals surface area contributed by atoms with E-state index in [0.29, 0.717) is 25.8 Å². The number of nitrogens with one attached hydrogen (secondary N) is 1. The highest BCUT2D eigenvalue weighted by Crippen LogP contribution is 2.28. The number of hydrogen-bond donors (Lipinski definition) is 1. The first-order valence-corrected chi connectivity index (χ1v) is 9.80. The minimum absolute atomic E-state index is 0.0275. The van der Waals surface area contributed by atoms with Crippen LogP contribution in [0.3, 0.4) is 0 Å². The number of anilines is 1. The first-order chi connectivity index (χ1) is 13.1. The van der Waals surface area contributed by atoms with Crippen molar-refractivity contribution in [3.63, 3.8) is 0 Å². The van der Waals surface area contributed by atoms with Gasteiger partial charge in [-0.15, -0.1) is 0 Å². The first-order valence-electron chi connectivity index (χ1n) is 9.80. The lowest BCUT2D eigenvalue weighted by atomic mass is 9.89. The summed E-state index contributed by atoms with van der Waals surface area (Å²) in [6.07, 6.45) is 2.60. The molecule has 2 aromatic carbocycles. The average molecular weight is 364 g/mol. The molecule has 0 radical (unpaired) electrons. The number of para-hydroxylation sites is 1. The highest BCUT2D eigenvalue weighted by Gasteiger charge is 2.27. The van der Waals surface area contributed by atoms with Crippen molar-refractivity contribution in [2.75, 3.05) is 5.32 Å². The van der Waals surface area contributed by atoms with E-state index in [9.17, 15) is 9.59 Å². The third-order valence-electron chi connectivity index (χ3n) is 5.46. The molecule has 0 fully saturated rings. The fourth-order valence-corrected chi connectivity index (χ4v) is 3.58. The van der Waals surface area contributed by atoms with Crippen LogP contribution in [0, 0.1) is 5.92 Å². The Hall–Kier alpha value is -2.62. The van der Waals surface area contributed by atoms with Crippen LogP contribution in [-0.4, -0.2) is 22.8 Å². The fourth-order valence-electron chi connectivity index (χ4n) is 3.58. The van der Waals surface area contributed by atoms with E-state index in [2.05, 4.69) is 19.2 Å².